The van der Waals surface area contributed by atoms with E-state index in [1.807, 2.05) is 18.2 Å². The molecule has 2 aromatic rings. The Bertz CT molecular complexity index is 616. The van der Waals surface area contributed by atoms with Crippen molar-refractivity contribution in [2.75, 3.05) is 11.9 Å². The van der Waals surface area contributed by atoms with Gasteiger partial charge in [0.15, 0.2) is 0 Å². The molecule has 0 amide bonds. The van der Waals surface area contributed by atoms with Gasteiger partial charge in [-0.2, -0.15) is 0 Å². The summed E-state index contributed by atoms with van der Waals surface area (Å²) in [5.41, 5.74) is 1.84. The van der Waals surface area contributed by atoms with Gasteiger partial charge in [-0.25, -0.2) is 0 Å². The zero-order valence-corrected chi connectivity index (χ0v) is 13.9. The van der Waals surface area contributed by atoms with Gasteiger partial charge >= 0.3 is 0 Å². The van der Waals surface area contributed by atoms with Gasteiger partial charge in [0.2, 0.25) is 0 Å². The van der Waals surface area contributed by atoms with Crippen LogP contribution in [0.25, 0.3) is 0 Å². The fourth-order valence-electron chi connectivity index (χ4n) is 1.81. The Morgan fingerprint density at radius 2 is 1.81 bits per heavy atom. The summed E-state index contributed by atoms with van der Waals surface area (Å²) in [7, 11) is 0. The molecule has 1 N–H and O–H groups in total. The molecule has 0 saturated carbocycles. The molecule has 0 fully saturated rings. The first kappa shape index (κ1) is 16.3. The van der Waals surface area contributed by atoms with Crippen LogP contribution in [0.2, 0.25) is 15.1 Å². The van der Waals surface area contributed by atoms with E-state index in [9.17, 15) is 0 Å². The van der Waals surface area contributed by atoms with Gasteiger partial charge in [-0.1, -0.05) is 47.8 Å². The molecule has 0 saturated heterocycles. The van der Waals surface area contributed by atoms with E-state index in [1.165, 1.54) is 0 Å². The minimum absolute atomic E-state index is 0.605. The summed E-state index contributed by atoms with van der Waals surface area (Å²) < 4.78 is 5.55. The fraction of sp³-hybridized carbons (Fsp3) is 0.250. The Kier molecular flexibility index (Phi) is 6.04. The Labute approximate surface area is 140 Å². The van der Waals surface area contributed by atoms with E-state index in [4.69, 9.17) is 39.5 Å². The molecule has 0 aliphatic heterocycles. The zero-order chi connectivity index (χ0) is 15.2. The highest BCUT2D eigenvalue weighted by molar-refractivity contribution is 6.35. The number of hydrogen-bond acceptors (Lipinski definition) is 2. The molecule has 0 aromatic heterocycles. The molecule has 0 aliphatic carbocycles. The van der Waals surface area contributed by atoms with Gasteiger partial charge in [0, 0.05) is 11.6 Å². The maximum Gasteiger partial charge on any atom is 0.137 e. The largest absolute Gasteiger partial charge is 0.492 e. The molecule has 2 rings (SSSR count). The second-order valence-electron chi connectivity index (χ2n) is 4.59. The van der Waals surface area contributed by atoms with Crippen LogP contribution in [0.1, 0.15) is 18.9 Å². The van der Waals surface area contributed by atoms with Gasteiger partial charge in [-0.05, 0) is 42.3 Å². The summed E-state index contributed by atoms with van der Waals surface area (Å²) in [6.45, 7) is 3.32. The van der Waals surface area contributed by atoms with Crippen LogP contribution >= 0.6 is 34.8 Å². The van der Waals surface area contributed by atoms with Gasteiger partial charge in [0.25, 0.3) is 0 Å². The molecular weight excluding hydrogens is 329 g/mol. The fourth-order valence-corrected chi connectivity index (χ4v) is 2.43. The molecule has 0 aliphatic rings. The van der Waals surface area contributed by atoms with Crippen LogP contribution in [0.4, 0.5) is 5.69 Å². The quantitative estimate of drug-likeness (QED) is 0.689. The molecule has 21 heavy (non-hydrogen) atoms. The standard InChI is InChI=1S/C16H16Cl3NO/c1-2-7-21-16-6-3-11(8-14(16)19)10-20-15-9-12(17)4-5-13(15)18/h3-6,8-9,20H,2,7,10H2,1H3. The van der Waals surface area contributed by atoms with Crippen LogP contribution in [0.15, 0.2) is 36.4 Å². The lowest BCUT2D eigenvalue weighted by molar-refractivity contribution is 0.317. The molecule has 0 bridgehead atoms. The number of anilines is 1. The topological polar surface area (TPSA) is 21.3 Å². The summed E-state index contributed by atoms with van der Waals surface area (Å²) in [4.78, 5) is 0. The first-order valence-corrected chi connectivity index (χ1v) is 7.83. The van der Waals surface area contributed by atoms with E-state index >= 15 is 0 Å². The van der Waals surface area contributed by atoms with Crippen LogP contribution in [-0.2, 0) is 6.54 Å². The van der Waals surface area contributed by atoms with E-state index in [2.05, 4.69) is 12.2 Å². The number of halogens is 3. The van der Waals surface area contributed by atoms with E-state index in [1.54, 1.807) is 18.2 Å². The van der Waals surface area contributed by atoms with Crippen molar-refractivity contribution in [2.24, 2.45) is 0 Å². The van der Waals surface area contributed by atoms with Crippen molar-refractivity contribution in [2.45, 2.75) is 19.9 Å². The molecule has 0 heterocycles. The van der Waals surface area contributed by atoms with E-state index in [0.717, 1.165) is 17.7 Å². The molecule has 0 radical (unpaired) electrons. The monoisotopic (exact) mass is 343 g/mol. The predicted octanol–water partition coefficient (Wildman–Crippen LogP) is 6.05. The lowest BCUT2D eigenvalue weighted by atomic mass is 10.2. The number of hydrogen-bond donors (Lipinski definition) is 1. The average molecular weight is 345 g/mol. The third-order valence-corrected chi connectivity index (χ3v) is 3.73. The van der Waals surface area contributed by atoms with Gasteiger partial charge in [-0.3, -0.25) is 0 Å². The molecule has 2 aromatic carbocycles. The van der Waals surface area contributed by atoms with Crippen LogP contribution in [0, 0.1) is 0 Å². The van der Waals surface area contributed by atoms with Gasteiger partial charge in [0.1, 0.15) is 5.75 Å². The van der Waals surface area contributed by atoms with E-state index in [-0.39, 0.29) is 0 Å². The first-order valence-electron chi connectivity index (χ1n) is 6.70. The van der Waals surface area contributed by atoms with Crippen molar-refractivity contribution < 1.29 is 4.74 Å². The number of rotatable bonds is 6. The zero-order valence-electron chi connectivity index (χ0n) is 11.6. The Morgan fingerprint density at radius 3 is 2.52 bits per heavy atom. The average Bonchev–Trinajstić information content (AvgIpc) is 2.47. The van der Waals surface area contributed by atoms with Crippen molar-refractivity contribution in [3.05, 3.63) is 57.0 Å². The van der Waals surface area contributed by atoms with Crippen molar-refractivity contribution >= 4 is 40.5 Å². The summed E-state index contributed by atoms with van der Waals surface area (Å²) >= 11 is 18.3. The van der Waals surface area contributed by atoms with Crippen molar-refractivity contribution in [1.29, 1.82) is 0 Å². The molecular formula is C16H16Cl3NO. The maximum absolute atomic E-state index is 6.20. The number of nitrogens with one attached hydrogen (secondary N) is 1. The highest BCUT2D eigenvalue weighted by atomic mass is 35.5. The van der Waals surface area contributed by atoms with Gasteiger partial charge in [0.05, 0.1) is 22.3 Å². The number of ether oxygens (including phenoxy) is 1. The molecule has 5 heteroatoms. The molecule has 0 atom stereocenters. The smallest absolute Gasteiger partial charge is 0.137 e. The summed E-state index contributed by atoms with van der Waals surface area (Å²) in [6, 6.07) is 11.1. The van der Waals surface area contributed by atoms with E-state index in [0.29, 0.717) is 34.0 Å². The number of benzene rings is 2. The summed E-state index contributed by atoms with van der Waals surface area (Å²) in [6.07, 6.45) is 0.951. The Morgan fingerprint density at radius 1 is 1.00 bits per heavy atom. The first-order chi connectivity index (χ1) is 10.1. The highest BCUT2D eigenvalue weighted by Gasteiger charge is 2.05. The lowest BCUT2D eigenvalue weighted by Crippen LogP contribution is -2.01. The molecule has 0 unspecified atom stereocenters. The summed E-state index contributed by atoms with van der Waals surface area (Å²) in [5.74, 6) is 0.711. The van der Waals surface area contributed by atoms with E-state index < -0.39 is 0 Å². The molecule has 2 nitrogen and oxygen atoms in total. The van der Waals surface area contributed by atoms with Crippen molar-refractivity contribution in [3.8, 4) is 5.75 Å². The highest BCUT2D eigenvalue weighted by Crippen LogP contribution is 2.28. The van der Waals surface area contributed by atoms with Gasteiger partial charge < -0.3 is 10.1 Å². The Balaban J connectivity index is 2.03. The van der Waals surface area contributed by atoms with Crippen LogP contribution in [0.3, 0.4) is 0 Å². The Hall–Kier alpha value is -1.09. The second kappa shape index (κ2) is 7.79. The van der Waals surface area contributed by atoms with Crippen molar-refractivity contribution in [1.82, 2.24) is 0 Å². The van der Waals surface area contributed by atoms with Crippen molar-refractivity contribution in [3.63, 3.8) is 0 Å². The van der Waals surface area contributed by atoms with Crippen LogP contribution in [-0.4, -0.2) is 6.61 Å². The lowest BCUT2D eigenvalue weighted by Gasteiger charge is -2.11. The summed E-state index contributed by atoms with van der Waals surface area (Å²) in [5, 5.41) is 5.13. The maximum atomic E-state index is 6.20. The van der Waals surface area contributed by atoms with Crippen LogP contribution < -0.4 is 10.1 Å². The molecule has 0 spiro atoms. The third-order valence-electron chi connectivity index (χ3n) is 2.87. The van der Waals surface area contributed by atoms with Crippen LogP contribution in [0.5, 0.6) is 5.75 Å². The van der Waals surface area contributed by atoms with Gasteiger partial charge in [-0.15, -0.1) is 0 Å². The normalized spacial score (nSPS) is 10.5. The predicted molar refractivity (Wildman–Crippen MR) is 91.0 cm³/mol. The minimum Gasteiger partial charge on any atom is -0.492 e. The minimum atomic E-state index is 0.605. The SMILES string of the molecule is CCCOc1ccc(CNc2cc(Cl)ccc2Cl)cc1Cl. The third kappa shape index (κ3) is 4.70. The molecule has 112 valence electrons. The second-order valence-corrected chi connectivity index (χ2v) is 5.84.